The van der Waals surface area contributed by atoms with Gasteiger partial charge >= 0.3 is 5.97 Å². The Kier molecular flexibility index (Phi) is 5.38. The lowest BCUT2D eigenvalue weighted by atomic mass is 9.89. The van der Waals surface area contributed by atoms with E-state index in [-0.39, 0.29) is 23.7 Å². The van der Waals surface area contributed by atoms with Gasteiger partial charge in [0, 0.05) is 19.5 Å². The van der Waals surface area contributed by atoms with Crippen LogP contribution in [0.25, 0.3) is 0 Å². The van der Waals surface area contributed by atoms with E-state index in [1.165, 1.54) is 0 Å². The van der Waals surface area contributed by atoms with Crippen LogP contribution in [-0.2, 0) is 14.3 Å². The average Bonchev–Trinajstić information content (AvgIpc) is 2.62. The summed E-state index contributed by atoms with van der Waals surface area (Å²) >= 11 is 0. The molecule has 24 heavy (non-hydrogen) atoms. The number of hydrogen-bond acceptors (Lipinski definition) is 4. The van der Waals surface area contributed by atoms with Crippen LogP contribution in [-0.4, -0.2) is 43.1 Å². The standard InChI is InChI=1S/C19H25NO4/c1-2-23-19(22)15-6-5-10-20(13-15)18(21)12-14-9-11-24-17-8-4-3-7-16(14)17/h3-4,7-8,14-15H,2,5-6,9-13H2,1H3. The molecule has 0 radical (unpaired) electrons. The van der Waals surface area contributed by atoms with Gasteiger partial charge in [-0.05, 0) is 43.7 Å². The quantitative estimate of drug-likeness (QED) is 0.796. The first-order chi connectivity index (χ1) is 11.7. The lowest BCUT2D eigenvalue weighted by Gasteiger charge is -2.33. The molecule has 0 N–H and O–H groups in total. The molecule has 0 bridgehead atoms. The Morgan fingerprint density at radius 1 is 1.29 bits per heavy atom. The summed E-state index contributed by atoms with van der Waals surface area (Å²) < 4.78 is 10.8. The molecule has 130 valence electrons. The minimum Gasteiger partial charge on any atom is -0.493 e. The Hall–Kier alpha value is -2.04. The highest BCUT2D eigenvalue weighted by atomic mass is 16.5. The number of fused-ring (bicyclic) bond motifs is 1. The topological polar surface area (TPSA) is 55.8 Å². The summed E-state index contributed by atoms with van der Waals surface area (Å²) in [5.41, 5.74) is 1.12. The molecule has 0 aromatic heterocycles. The molecule has 0 aliphatic carbocycles. The van der Waals surface area contributed by atoms with Crippen LogP contribution in [0, 0.1) is 5.92 Å². The van der Waals surface area contributed by atoms with Crippen LogP contribution in [0.4, 0.5) is 0 Å². The number of nitrogens with zero attached hydrogens (tertiary/aromatic N) is 1. The predicted molar refractivity (Wildman–Crippen MR) is 89.8 cm³/mol. The van der Waals surface area contributed by atoms with Gasteiger partial charge in [0.1, 0.15) is 5.75 Å². The van der Waals surface area contributed by atoms with Crippen LogP contribution < -0.4 is 4.74 Å². The zero-order chi connectivity index (χ0) is 16.9. The minimum atomic E-state index is -0.176. The summed E-state index contributed by atoms with van der Waals surface area (Å²) in [5.74, 6) is 0.872. The number of rotatable bonds is 4. The van der Waals surface area contributed by atoms with Crippen molar-refractivity contribution < 1.29 is 19.1 Å². The molecule has 2 aliphatic rings. The molecule has 1 fully saturated rings. The third kappa shape index (κ3) is 3.71. The van der Waals surface area contributed by atoms with Gasteiger partial charge in [-0.25, -0.2) is 0 Å². The van der Waals surface area contributed by atoms with Crippen molar-refractivity contribution in [1.82, 2.24) is 4.90 Å². The number of benzene rings is 1. The van der Waals surface area contributed by atoms with Gasteiger partial charge in [-0.2, -0.15) is 0 Å². The highest BCUT2D eigenvalue weighted by Crippen LogP contribution is 2.36. The van der Waals surface area contributed by atoms with E-state index < -0.39 is 0 Å². The molecule has 1 saturated heterocycles. The molecule has 2 atom stereocenters. The van der Waals surface area contributed by atoms with Gasteiger partial charge in [0.15, 0.2) is 0 Å². The number of para-hydroxylation sites is 1. The van der Waals surface area contributed by atoms with Crippen molar-refractivity contribution in [3.8, 4) is 5.75 Å². The van der Waals surface area contributed by atoms with Gasteiger partial charge in [-0.15, -0.1) is 0 Å². The van der Waals surface area contributed by atoms with E-state index in [4.69, 9.17) is 9.47 Å². The second-order valence-electron chi connectivity index (χ2n) is 6.51. The second kappa shape index (κ2) is 7.69. The van der Waals surface area contributed by atoms with Crippen molar-refractivity contribution in [3.05, 3.63) is 29.8 Å². The molecule has 1 aromatic carbocycles. The fourth-order valence-electron chi connectivity index (χ4n) is 3.62. The summed E-state index contributed by atoms with van der Waals surface area (Å²) in [6.07, 6.45) is 3.01. The zero-order valence-corrected chi connectivity index (χ0v) is 14.2. The lowest BCUT2D eigenvalue weighted by molar-refractivity contribution is -0.151. The van der Waals surface area contributed by atoms with Gasteiger partial charge in [-0.1, -0.05) is 18.2 Å². The fraction of sp³-hybridized carbons (Fsp3) is 0.579. The third-order valence-corrected chi connectivity index (χ3v) is 4.90. The Bertz CT molecular complexity index is 601. The molecular formula is C19H25NO4. The van der Waals surface area contributed by atoms with Crippen molar-refractivity contribution in [2.24, 2.45) is 5.92 Å². The Balaban J connectivity index is 1.62. The number of ether oxygens (including phenoxy) is 2. The van der Waals surface area contributed by atoms with Crippen molar-refractivity contribution >= 4 is 11.9 Å². The average molecular weight is 331 g/mol. The Morgan fingerprint density at radius 3 is 2.96 bits per heavy atom. The number of carbonyl (C=O) groups is 2. The van der Waals surface area contributed by atoms with Gasteiger partial charge in [0.25, 0.3) is 0 Å². The van der Waals surface area contributed by atoms with E-state index >= 15 is 0 Å². The number of piperidine rings is 1. The highest BCUT2D eigenvalue weighted by molar-refractivity contribution is 5.79. The maximum atomic E-state index is 12.7. The third-order valence-electron chi connectivity index (χ3n) is 4.90. The van der Waals surface area contributed by atoms with E-state index in [0.29, 0.717) is 26.2 Å². The number of carbonyl (C=O) groups excluding carboxylic acids is 2. The first-order valence-electron chi connectivity index (χ1n) is 8.85. The van der Waals surface area contributed by atoms with E-state index in [1.807, 2.05) is 36.1 Å². The van der Waals surface area contributed by atoms with Crippen molar-refractivity contribution in [2.45, 2.75) is 38.5 Å². The summed E-state index contributed by atoms with van der Waals surface area (Å²) in [6, 6.07) is 7.95. The van der Waals surface area contributed by atoms with E-state index in [2.05, 4.69) is 0 Å². The monoisotopic (exact) mass is 331 g/mol. The molecule has 0 saturated carbocycles. The van der Waals surface area contributed by atoms with Crippen molar-refractivity contribution in [2.75, 3.05) is 26.3 Å². The molecule has 1 amide bonds. The maximum Gasteiger partial charge on any atom is 0.310 e. The van der Waals surface area contributed by atoms with Crippen LogP contribution in [0.5, 0.6) is 5.75 Å². The first kappa shape index (κ1) is 16.8. The van der Waals surface area contributed by atoms with Gasteiger partial charge < -0.3 is 14.4 Å². The first-order valence-corrected chi connectivity index (χ1v) is 8.85. The number of amides is 1. The number of likely N-dealkylation sites (tertiary alicyclic amines) is 1. The molecular weight excluding hydrogens is 306 g/mol. The van der Waals surface area contributed by atoms with E-state index in [0.717, 1.165) is 37.1 Å². The second-order valence-corrected chi connectivity index (χ2v) is 6.51. The summed E-state index contributed by atoms with van der Waals surface area (Å²) in [6.45, 7) is 4.08. The van der Waals surface area contributed by atoms with Crippen molar-refractivity contribution in [3.63, 3.8) is 0 Å². The van der Waals surface area contributed by atoms with Crippen LogP contribution >= 0.6 is 0 Å². The van der Waals surface area contributed by atoms with E-state index in [9.17, 15) is 9.59 Å². The van der Waals surface area contributed by atoms with Gasteiger partial charge in [0.2, 0.25) is 5.91 Å². The molecule has 2 unspecified atom stereocenters. The number of hydrogen-bond donors (Lipinski definition) is 0. The normalized spacial score (nSPS) is 23.1. The summed E-state index contributed by atoms with van der Waals surface area (Å²) in [4.78, 5) is 26.5. The molecule has 1 aromatic rings. The minimum absolute atomic E-state index is 0.130. The van der Waals surface area contributed by atoms with Gasteiger partial charge in [-0.3, -0.25) is 9.59 Å². The molecule has 5 heteroatoms. The summed E-state index contributed by atoms with van der Waals surface area (Å²) in [7, 11) is 0. The lowest BCUT2D eigenvalue weighted by Crippen LogP contribution is -2.43. The fourth-order valence-corrected chi connectivity index (χ4v) is 3.62. The Labute approximate surface area is 142 Å². The highest BCUT2D eigenvalue weighted by Gasteiger charge is 2.31. The SMILES string of the molecule is CCOC(=O)C1CCCN(C(=O)CC2CCOc3ccccc32)C1. The van der Waals surface area contributed by atoms with Crippen LogP contribution in [0.3, 0.4) is 0 Å². The van der Waals surface area contributed by atoms with Crippen molar-refractivity contribution in [1.29, 1.82) is 0 Å². The molecule has 2 aliphatic heterocycles. The molecule has 0 spiro atoms. The smallest absolute Gasteiger partial charge is 0.310 e. The maximum absolute atomic E-state index is 12.7. The number of esters is 1. The molecule has 2 heterocycles. The Morgan fingerprint density at radius 2 is 2.12 bits per heavy atom. The van der Waals surface area contributed by atoms with Crippen LogP contribution in [0.1, 0.15) is 44.1 Å². The van der Waals surface area contributed by atoms with E-state index in [1.54, 1.807) is 0 Å². The van der Waals surface area contributed by atoms with Gasteiger partial charge in [0.05, 0.1) is 19.1 Å². The summed E-state index contributed by atoms with van der Waals surface area (Å²) in [5, 5.41) is 0. The molecule has 3 rings (SSSR count). The predicted octanol–water partition coefficient (Wildman–Crippen LogP) is 2.74. The zero-order valence-electron chi connectivity index (χ0n) is 14.2. The molecule has 5 nitrogen and oxygen atoms in total. The van der Waals surface area contributed by atoms with Crippen LogP contribution in [0.2, 0.25) is 0 Å². The van der Waals surface area contributed by atoms with Crippen LogP contribution in [0.15, 0.2) is 24.3 Å². The largest absolute Gasteiger partial charge is 0.493 e.